The van der Waals surface area contributed by atoms with E-state index in [0.717, 1.165) is 24.1 Å². The molecule has 1 aliphatic carbocycles. The summed E-state index contributed by atoms with van der Waals surface area (Å²) in [7, 11) is 0. The number of rotatable bonds is 5. The topological polar surface area (TPSA) is 41.1 Å². The lowest BCUT2D eigenvalue weighted by Crippen LogP contribution is -2.34. The Morgan fingerprint density at radius 3 is 2.15 bits per heavy atom. The summed E-state index contributed by atoms with van der Waals surface area (Å²) >= 11 is 0. The molecule has 2 N–H and O–H groups in total. The lowest BCUT2D eigenvalue weighted by Gasteiger charge is -2.20. The van der Waals surface area contributed by atoms with Crippen molar-refractivity contribution >= 4 is 11.6 Å². The first-order valence-electron chi connectivity index (χ1n) is 7.00. The summed E-state index contributed by atoms with van der Waals surface area (Å²) in [6, 6.07) is 19.7. The Hall–Kier alpha value is -2.29. The van der Waals surface area contributed by atoms with Crippen LogP contribution in [0.25, 0.3) is 0 Å². The van der Waals surface area contributed by atoms with Crippen LogP contribution in [0.15, 0.2) is 60.7 Å². The molecule has 1 fully saturated rings. The maximum atomic E-state index is 12.4. The van der Waals surface area contributed by atoms with Gasteiger partial charge in [-0.2, -0.15) is 0 Å². The van der Waals surface area contributed by atoms with Gasteiger partial charge in [0.2, 0.25) is 5.91 Å². The second-order valence-corrected chi connectivity index (χ2v) is 5.14. The van der Waals surface area contributed by atoms with E-state index >= 15 is 0 Å². The fraction of sp³-hybridized carbons (Fsp3) is 0.235. The number of carbonyl (C=O) groups excluding carboxylic acids is 1. The molecule has 0 aromatic heterocycles. The molecule has 3 rings (SSSR count). The van der Waals surface area contributed by atoms with Crippen molar-refractivity contribution in [3.05, 3.63) is 66.2 Å². The van der Waals surface area contributed by atoms with Gasteiger partial charge in [-0.05, 0) is 30.5 Å². The van der Waals surface area contributed by atoms with Crippen molar-refractivity contribution in [1.82, 2.24) is 5.32 Å². The monoisotopic (exact) mass is 266 g/mol. The molecule has 2 aromatic rings. The zero-order valence-corrected chi connectivity index (χ0v) is 11.3. The standard InChI is InChI=1S/C17H18N2O/c20-17(19-15-11-12-15)16(13-7-3-1-4-8-13)18-14-9-5-2-6-10-14/h1-10,15-16,18H,11-12H2,(H,19,20). The number of amides is 1. The van der Waals surface area contributed by atoms with E-state index in [-0.39, 0.29) is 11.9 Å². The highest BCUT2D eigenvalue weighted by molar-refractivity contribution is 5.86. The fourth-order valence-electron chi connectivity index (χ4n) is 2.16. The fourth-order valence-corrected chi connectivity index (χ4v) is 2.16. The number of hydrogen-bond donors (Lipinski definition) is 2. The van der Waals surface area contributed by atoms with Gasteiger partial charge >= 0.3 is 0 Å². The third-order valence-corrected chi connectivity index (χ3v) is 3.40. The Labute approximate surface area is 119 Å². The quantitative estimate of drug-likeness (QED) is 0.873. The predicted molar refractivity (Wildman–Crippen MR) is 80.4 cm³/mol. The Kier molecular flexibility index (Phi) is 3.68. The van der Waals surface area contributed by atoms with Crippen molar-refractivity contribution < 1.29 is 4.79 Å². The predicted octanol–water partition coefficient (Wildman–Crippen LogP) is 3.12. The molecule has 1 aliphatic rings. The molecule has 20 heavy (non-hydrogen) atoms. The first-order valence-corrected chi connectivity index (χ1v) is 7.00. The summed E-state index contributed by atoms with van der Waals surface area (Å²) in [6.07, 6.45) is 2.19. The third-order valence-electron chi connectivity index (χ3n) is 3.40. The second kappa shape index (κ2) is 5.78. The van der Waals surface area contributed by atoms with Crippen molar-refractivity contribution in [2.24, 2.45) is 0 Å². The highest BCUT2D eigenvalue weighted by Gasteiger charge is 2.28. The number of nitrogens with one attached hydrogen (secondary N) is 2. The van der Waals surface area contributed by atoms with Gasteiger partial charge in [0.25, 0.3) is 0 Å². The van der Waals surface area contributed by atoms with Crippen LogP contribution >= 0.6 is 0 Å². The summed E-state index contributed by atoms with van der Waals surface area (Å²) in [4.78, 5) is 12.4. The Balaban J connectivity index is 1.81. The molecule has 0 aliphatic heterocycles. The van der Waals surface area contributed by atoms with Gasteiger partial charge in [0.15, 0.2) is 0 Å². The van der Waals surface area contributed by atoms with Gasteiger partial charge in [-0.1, -0.05) is 48.5 Å². The van der Waals surface area contributed by atoms with Gasteiger partial charge < -0.3 is 10.6 Å². The lowest BCUT2D eigenvalue weighted by molar-refractivity contribution is -0.122. The highest BCUT2D eigenvalue weighted by atomic mass is 16.2. The average Bonchev–Trinajstić information content (AvgIpc) is 3.30. The number of hydrogen-bond acceptors (Lipinski definition) is 2. The van der Waals surface area contributed by atoms with E-state index in [1.807, 2.05) is 60.7 Å². The molecule has 1 unspecified atom stereocenters. The molecule has 0 saturated heterocycles. The number of para-hydroxylation sites is 1. The maximum absolute atomic E-state index is 12.4. The van der Waals surface area contributed by atoms with Crippen LogP contribution < -0.4 is 10.6 Å². The van der Waals surface area contributed by atoms with Crippen molar-refractivity contribution in [3.63, 3.8) is 0 Å². The van der Waals surface area contributed by atoms with E-state index in [1.54, 1.807) is 0 Å². The van der Waals surface area contributed by atoms with Gasteiger partial charge in [0.05, 0.1) is 0 Å². The first-order chi connectivity index (χ1) is 9.83. The molecule has 3 heteroatoms. The van der Waals surface area contributed by atoms with E-state index in [1.165, 1.54) is 0 Å². The highest BCUT2D eigenvalue weighted by Crippen LogP contribution is 2.23. The molecule has 1 amide bonds. The number of benzene rings is 2. The van der Waals surface area contributed by atoms with Crippen LogP contribution in [0.4, 0.5) is 5.69 Å². The molecular weight excluding hydrogens is 248 g/mol. The van der Waals surface area contributed by atoms with Gasteiger partial charge in [-0.3, -0.25) is 4.79 Å². The van der Waals surface area contributed by atoms with E-state index < -0.39 is 0 Å². The van der Waals surface area contributed by atoms with Crippen LogP contribution in [0.1, 0.15) is 24.4 Å². The average molecular weight is 266 g/mol. The van der Waals surface area contributed by atoms with Crippen LogP contribution in [0.3, 0.4) is 0 Å². The molecule has 102 valence electrons. The summed E-state index contributed by atoms with van der Waals surface area (Å²) in [5, 5.41) is 6.39. The number of anilines is 1. The van der Waals surface area contributed by atoms with E-state index in [2.05, 4.69) is 10.6 Å². The van der Waals surface area contributed by atoms with Crippen LogP contribution in [-0.4, -0.2) is 11.9 Å². The molecule has 2 aromatic carbocycles. The molecule has 1 saturated carbocycles. The van der Waals surface area contributed by atoms with Crippen LogP contribution in [-0.2, 0) is 4.79 Å². The molecule has 3 nitrogen and oxygen atoms in total. The van der Waals surface area contributed by atoms with Gasteiger partial charge in [-0.15, -0.1) is 0 Å². The Bertz CT molecular complexity index is 564. The largest absolute Gasteiger partial charge is 0.370 e. The summed E-state index contributed by atoms with van der Waals surface area (Å²) in [5.41, 5.74) is 1.93. The van der Waals surface area contributed by atoms with Crippen LogP contribution in [0.2, 0.25) is 0 Å². The molecule has 1 atom stereocenters. The number of carbonyl (C=O) groups is 1. The smallest absolute Gasteiger partial charge is 0.247 e. The third kappa shape index (κ3) is 3.18. The molecule has 0 radical (unpaired) electrons. The van der Waals surface area contributed by atoms with E-state index in [0.29, 0.717) is 6.04 Å². The minimum atomic E-state index is -0.348. The Morgan fingerprint density at radius 1 is 0.950 bits per heavy atom. The molecule has 0 heterocycles. The second-order valence-electron chi connectivity index (χ2n) is 5.14. The Morgan fingerprint density at radius 2 is 1.55 bits per heavy atom. The van der Waals surface area contributed by atoms with Gasteiger partial charge in [0.1, 0.15) is 6.04 Å². The molecular formula is C17H18N2O. The summed E-state index contributed by atoms with van der Waals surface area (Å²) in [5.74, 6) is 0.0440. The zero-order valence-electron chi connectivity index (χ0n) is 11.3. The maximum Gasteiger partial charge on any atom is 0.247 e. The van der Waals surface area contributed by atoms with Gasteiger partial charge in [-0.25, -0.2) is 0 Å². The van der Waals surface area contributed by atoms with Gasteiger partial charge in [0, 0.05) is 11.7 Å². The van der Waals surface area contributed by atoms with Crippen molar-refractivity contribution in [3.8, 4) is 0 Å². The van der Waals surface area contributed by atoms with Crippen molar-refractivity contribution in [1.29, 1.82) is 0 Å². The first kappa shape index (κ1) is 12.7. The van der Waals surface area contributed by atoms with E-state index in [9.17, 15) is 4.79 Å². The molecule has 0 spiro atoms. The lowest BCUT2D eigenvalue weighted by atomic mass is 10.1. The zero-order chi connectivity index (χ0) is 13.8. The normalized spacial score (nSPS) is 15.4. The SMILES string of the molecule is O=C(NC1CC1)C(Nc1ccccc1)c1ccccc1. The van der Waals surface area contributed by atoms with Crippen LogP contribution in [0.5, 0.6) is 0 Å². The minimum Gasteiger partial charge on any atom is -0.370 e. The van der Waals surface area contributed by atoms with E-state index in [4.69, 9.17) is 0 Å². The van der Waals surface area contributed by atoms with Crippen molar-refractivity contribution in [2.75, 3.05) is 5.32 Å². The summed E-state index contributed by atoms with van der Waals surface area (Å²) in [6.45, 7) is 0. The molecule has 0 bridgehead atoms. The summed E-state index contributed by atoms with van der Waals surface area (Å²) < 4.78 is 0. The minimum absolute atomic E-state index is 0.0440. The van der Waals surface area contributed by atoms with Crippen LogP contribution in [0, 0.1) is 0 Å². The van der Waals surface area contributed by atoms with Crippen molar-refractivity contribution in [2.45, 2.75) is 24.9 Å².